The average Bonchev–Trinajstić information content (AvgIpc) is 2.75. The fourth-order valence-corrected chi connectivity index (χ4v) is 3.66. The second-order valence-electron chi connectivity index (χ2n) is 7.58. The van der Waals surface area contributed by atoms with Gasteiger partial charge in [-0.05, 0) is 56.5 Å². The van der Waals surface area contributed by atoms with E-state index in [-0.39, 0.29) is 24.0 Å². The van der Waals surface area contributed by atoms with Crippen LogP contribution in [0.15, 0.2) is 17.1 Å². The second kappa shape index (κ2) is 14.6. The highest BCUT2D eigenvalue weighted by Gasteiger charge is 2.15. The highest BCUT2D eigenvalue weighted by atomic mass is 127. The molecular formula is C22H39IN4O3. The van der Waals surface area contributed by atoms with Gasteiger partial charge in [0.1, 0.15) is 0 Å². The number of benzene rings is 1. The Morgan fingerprint density at radius 1 is 1.03 bits per heavy atom. The molecule has 0 saturated carbocycles. The summed E-state index contributed by atoms with van der Waals surface area (Å²) >= 11 is 0. The first kappa shape index (κ1) is 26.6. The van der Waals surface area contributed by atoms with Crippen LogP contribution in [0.2, 0.25) is 0 Å². The van der Waals surface area contributed by atoms with Crippen molar-refractivity contribution in [2.24, 2.45) is 10.9 Å². The van der Waals surface area contributed by atoms with Crippen LogP contribution in [0.5, 0.6) is 17.2 Å². The summed E-state index contributed by atoms with van der Waals surface area (Å²) in [5.74, 6) is 3.28. The van der Waals surface area contributed by atoms with Crippen LogP contribution in [0.3, 0.4) is 0 Å². The van der Waals surface area contributed by atoms with Crippen LogP contribution >= 0.6 is 24.0 Å². The number of methoxy groups -OCH3 is 3. The molecule has 2 N–H and O–H groups in total. The minimum Gasteiger partial charge on any atom is -0.493 e. The van der Waals surface area contributed by atoms with Gasteiger partial charge in [-0.25, -0.2) is 4.99 Å². The molecule has 1 aliphatic rings. The molecule has 0 spiro atoms. The SMILES string of the molecule is CCNC(=NCc1cc(OC)c(OC)c(OC)c1)NCC(C)CN1CCCCC1.I. The fraction of sp³-hybridized carbons (Fsp3) is 0.682. The van der Waals surface area contributed by atoms with Crippen molar-refractivity contribution in [2.45, 2.75) is 39.7 Å². The van der Waals surface area contributed by atoms with Gasteiger partial charge in [-0.15, -0.1) is 24.0 Å². The van der Waals surface area contributed by atoms with Gasteiger partial charge in [0, 0.05) is 19.6 Å². The largest absolute Gasteiger partial charge is 0.493 e. The highest BCUT2D eigenvalue weighted by Crippen LogP contribution is 2.38. The van der Waals surface area contributed by atoms with Gasteiger partial charge in [-0.2, -0.15) is 0 Å². The minimum absolute atomic E-state index is 0. The zero-order valence-corrected chi connectivity index (χ0v) is 21.5. The molecule has 30 heavy (non-hydrogen) atoms. The first-order valence-corrected chi connectivity index (χ1v) is 10.6. The van der Waals surface area contributed by atoms with Crippen molar-refractivity contribution in [1.82, 2.24) is 15.5 Å². The highest BCUT2D eigenvalue weighted by molar-refractivity contribution is 14.0. The molecule has 1 aromatic rings. The van der Waals surface area contributed by atoms with Gasteiger partial charge in [0.05, 0.1) is 27.9 Å². The lowest BCUT2D eigenvalue weighted by Crippen LogP contribution is -2.42. The summed E-state index contributed by atoms with van der Waals surface area (Å²) < 4.78 is 16.3. The zero-order chi connectivity index (χ0) is 21.1. The fourth-order valence-electron chi connectivity index (χ4n) is 3.66. The number of halogens is 1. The Balaban J connectivity index is 0.00000450. The van der Waals surface area contributed by atoms with Crippen LogP contribution in [-0.2, 0) is 6.54 Å². The molecule has 1 unspecified atom stereocenters. The number of guanidine groups is 1. The molecule has 0 radical (unpaired) electrons. The Morgan fingerprint density at radius 2 is 1.67 bits per heavy atom. The number of likely N-dealkylation sites (tertiary alicyclic amines) is 1. The Bertz CT molecular complexity index is 626. The van der Waals surface area contributed by atoms with Crippen LogP contribution < -0.4 is 24.8 Å². The van der Waals surface area contributed by atoms with Gasteiger partial charge in [0.25, 0.3) is 0 Å². The smallest absolute Gasteiger partial charge is 0.203 e. The molecule has 1 atom stereocenters. The molecule has 8 heteroatoms. The maximum Gasteiger partial charge on any atom is 0.203 e. The molecule has 172 valence electrons. The topological polar surface area (TPSA) is 67.4 Å². The third kappa shape index (κ3) is 8.37. The van der Waals surface area contributed by atoms with Gasteiger partial charge < -0.3 is 29.7 Å². The van der Waals surface area contributed by atoms with Crippen molar-refractivity contribution in [1.29, 1.82) is 0 Å². The van der Waals surface area contributed by atoms with Crippen LogP contribution in [0, 0.1) is 5.92 Å². The molecule has 1 heterocycles. The molecule has 1 aromatic carbocycles. The number of nitrogens with one attached hydrogen (secondary N) is 2. The minimum atomic E-state index is 0. The third-order valence-electron chi connectivity index (χ3n) is 5.13. The summed E-state index contributed by atoms with van der Waals surface area (Å²) in [5, 5.41) is 6.81. The van der Waals surface area contributed by atoms with Crippen molar-refractivity contribution >= 4 is 29.9 Å². The van der Waals surface area contributed by atoms with Gasteiger partial charge in [-0.1, -0.05) is 13.3 Å². The van der Waals surface area contributed by atoms with E-state index in [2.05, 4.69) is 29.4 Å². The Morgan fingerprint density at radius 3 is 2.20 bits per heavy atom. The molecule has 2 rings (SSSR count). The van der Waals surface area contributed by atoms with Crippen molar-refractivity contribution in [3.05, 3.63) is 17.7 Å². The standard InChI is InChI=1S/C22H38N4O3.HI/c1-6-23-22(24-14-17(2)16-26-10-8-7-9-11-26)25-15-18-12-19(27-3)21(29-5)20(13-18)28-4;/h12-13,17H,6-11,14-16H2,1-5H3,(H2,23,24,25);1H. The second-order valence-corrected chi connectivity index (χ2v) is 7.58. The van der Waals surface area contributed by atoms with Crippen LogP contribution in [0.1, 0.15) is 38.7 Å². The van der Waals surface area contributed by atoms with E-state index < -0.39 is 0 Å². The lowest BCUT2D eigenvalue weighted by atomic mass is 10.1. The van der Waals surface area contributed by atoms with E-state index in [0.29, 0.717) is 29.7 Å². The maximum absolute atomic E-state index is 5.44. The zero-order valence-electron chi connectivity index (χ0n) is 19.1. The molecule has 1 aliphatic heterocycles. The summed E-state index contributed by atoms with van der Waals surface area (Å²) in [4.78, 5) is 7.32. The first-order valence-electron chi connectivity index (χ1n) is 10.6. The average molecular weight is 534 g/mol. The van der Waals surface area contributed by atoms with Crippen molar-refractivity contribution < 1.29 is 14.2 Å². The van der Waals surface area contributed by atoms with Crippen molar-refractivity contribution in [2.75, 3.05) is 54.1 Å². The Labute approximate surface area is 199 Å². The molecular weight excluding hydrogens is 495 g/mol. The molecule has 0 amide bonds. The Hall–Kier alpha value is -1.42. The number of ether oxygens (including phenoxy) is 3. The summed E-state index contributed by atoms with van der Waals surface area (Å²) in [7, 11) is 4.86. The van der Waals surface area contributed by atoms with Crippen LogP contribution in [0.4, 0.5) is 0 Å². The van der Waals surface area contributed by atoms with Crippen molar-refractivity contribution in [3.8, 4) is 17.2 Å². The number of hydrogen-bond donors (Lipinski definition) is 2. The van der Waals surface area contributed by atoms with E-state index in [0.717, 1.165) is 31.2 Å². The van der Waals surface area contributed by atoms with Crippen LogP contribution in [-0.4, -0.2) is 64.9 Å². The van der Waals surface area contributed by atoms with E-state index in [1.807, 2.05) is 12.1 Å². The number of rotatable bonds is 10. The van der Waals surface area contributed by atoms with Gasteiger partial charge in [0.15, 0.2) is 17.5 Å². The van der Waals surface area contributed by atoms with E-state index in [1.54, 1.807) is 21.3 Å². The lowest BCUT2D eigenvalue weighted by molar-refractivity contribution is 0.201. The molecule has 0 aromatic heterocycles. The lowest BCUT2D eigenvalue weighted by Gasteiger charge is -2.29. The molecule has 0 bridgehead atoms. The molecule has 0 aliphatic carbocycles. The van der Waals surface area contributed by atoms with Gasteiger partial charge >= 0.3 is 0 Å². The number of nitrogens with zero attached hydrogens (tertiary/aromatic N) is 2. The number of piperidine rings is 1. The Kier molecular flexibility index (Phi) is 12.9. The summed E-state index contributed by atoms with van der Waals surface area (Å²) in [6, 6.07) is 3.88. The monoisotopic (exact) mass is 534 g/mol. The van der Waals surface area contributed by atoms with Gasteiger partial charge in [0.2, 0.25) is 5.75 Å². The number of hydrogen-bond acceptors (Lipinski definition) is 5. The predicted molar refractivity (Wildman–Crippen MR) is 134 cm³/mol. The summed E-state index contributed by atoms with van der Waals surface area (Å²) in [5.41, 5.74) is 0.998. The van der Waals surface area contributed by atoms with E-state index in [1.165, 1.54) is 32.4 Å². The quantitative estimate of drug-likeness (QED) is 0.272. The predicted octanol–water partition coefficient (Wildman–Crippen LogP) is 3.51. The molecule has 1 fully saturated rings. The molecule has 7 nitrogen and oxygen atoms in total. The molecule has 1 saturated heterocycles. The van der Waals surface area contributed by atoms with E-state index in [9.17, 15) is 0 Å². The van der Waals surface area contributed by atoms with E-state index >= 15 is 0 Å². The number of aliphatic imine (C=N–C) groups is 1. The van der Waals surface area contributed by atoms with E-state index in [4.69, 9.17) is 19.2 Å². The first-order chi connectivity index (χ1) is 14.1. The third-order valence-corrected chi connectivity index (χ3v) is 5.13. The maximum atomic E-state index is 5.44. The summed E-state index contributed by atoms with van der Waals surface area (Å²) in [6.45, 7) is 10.2. The van der Waals surface area contributed by atoms with Crippen molar-refractivity contribution in [3.63, 3.8) is 0 Å². The van der Waals surface area contributed by atoms with Crippen LogP contribution in [0.25, 0.3) is 0 Å². The van der Waals surface area contributed by atoms with Gasteiger partial charge in [-0.3, -0.25) is 0 Å². The normalized spacial score (nSPS) is 15.7. The summed E-state index contributed by atoms with van der Waals surface area (Å²) in [6.07, 6.45) is 4.04.